The minimum absolute atomic E-state index is 0.206. The molecule has 24 heavy (non-hydrogen) atoms. The molecule has 4 heteroatoms. The van der Waals surface area contributed by atoms with Crippen LogP contribution in [0.1, 0.15) is 37.8 Å². The zero-order chi connectivity index (χ0) is 17.5. The lowest BCUT2D eigenvalue weighted by atomic mass is 9.76. The van der Waals surface area contributed by atoms with Crippen molar-refractivity contribution in [3.8, 4) is 24.0 Å². The van der Waals surface area contributed by atoms with E-state index in [-0.39, 0.29) is 5.92 Å². The number of hydrogen-bond donors (Lipinski definition) is 0. The number of ether oxygens (including phenoxy) is 2. The van der Waals surface area contributed by atoms with E-state index in [1.807, 2.05) is 48.5 Å². The molecule has 1 unspecified atom stereocenters. The van der Waals surface area contributed by atoms with Crippen LogP contribution >= 0.6 is 0 Å². The van der Waals surface area contributed by atoms with Gasteiger partial charge < -0.3 is 9.47 Å². The molecule has 0 aliphatic carbocycles. The summed E-state index contributed by atoms with van der Waals surface area (Å²) in [6.45, 7) is 6.64. The predicted molar refractivity (Wildman–Crippen MR) is 91.2 cm³/mol. The molecule has 4 nitrogen and oxygen atoms in total. The first-order valence-electron chi connectivity index (χ1n) is 7.88. The highest BCUT2D eigenvalue weighted by Crippen LogP contribution is 2.37. The van der Waals surface area contributed by atoms with Crippen LogP contribution in [0, 0.1) is 34.9 Å². The SMILES string of the molecule is CC(C)C(C)C(c1ccc(OC#N)cc1)c1ccc(OC#N)cc1. The fourth-order valence-electron chi connectivity index (χ4n) is 2.78. The van der Waals surface area contributed by atoms with E-state index < -0.39 is 0 Å². The number of rotatable bonds is 6. The maximum atomic E-state index is 8.60. The molecule has 0 aromatic heterocycles. The number of benzene rings is 2. The lowest BCUT2D eigenvalue weighted by molar-refractivity contribution is 0.377. The van der Waals surface area contributed by atoms with Crippen LogP contribution in [-0.2, 0) is 0 Å². The van der Waals surface area contributed by atoms with Crippen molar-refractivity contribution in [2.24, 2.45) is 11.8 Å². The van der Waals surface area contributed by atoms with E-state index in [0.717, 1.165) is 11.1 Å². The summed E-state index contributed by atoms with van der Waals surface area (Å²) in [5.41, 5.74) is 2.32. The van der Waals surface area contributed by atoms with Gasteiger partial charge in [-0.25, -0.2) is 0 Å². The lowest BCUT2D eigenvalue weighted by Gasteiger charge is -2.28. The summed E-state index contributed by atoms with van der Waals surface area (Å²) in [5.74, 6) is 2.19. The zero-order valence-corrected chi connectivity index (χ0v) is 14.1. The number of hydrogen-bond acceptors (Lipinski definition) is 4. The van der Waals surface area contributed by atoms with Crippen LogP contribution in [0.25, 0.3) is 0 Å². The standard InChI is InChI=1S/C20H20N2O2/c1-14(2)15(3)20(16-4-8-18(9-5-16)23-12-21)17-6-10-19(11-7-17)24-13-22/h4-11,14-15,20H,1-3H3. The van der Waals surface area contributed by atoms with E-state index in [0.29, 0.717) is 23.3 Å². The van der Waals surface area contributed by atoms with Crippen molar-refractivity contribution in [3.63, 3.8) is 0 Å². The van der Waals surface area contributed by atoms with Crippen molar-refractivity contribution < 1.29 is 9.47 Å². The van der Waals surface area contributed by atoms with Gasteiger partial charge in [0.05, 0.1) is 0 Å². The molecule has 0 aliphatic rings. The lowest BCUT2D eigenvalue weighted by Crippen LogP contribution is -2.16. The summed E-state index contributed by atoms with van der Waals surface area (Å²) < 4.78 is 9.71. The largest absolute Gasteiger partial charge is 0.388 e. The van der Waals surface area contributed by atoms with Gasteiger partial charge in [0.2, 0.25) is 0 Å². The van der Waals surface area contributed by atoms with Gasteiger partial charge in [-0.05, 0) is 47.2 Å². The van der Waals surface area contributed by atoms with Crippen molar-refractivity contribution in [1.82, 2.24) is 0 Å². The molecular weight excluding hydrogens is 300 g/mol. The van der Waals surface area contributed by atoms with E-state index in [9.17, 15) is 0 Å². The molecule has 122 valence electrons. The van der Waals surface area contributed by atoms with Gasteiger partial charge in [0, 0.05) is 5.92 Å². The molecule has 1 atom stereocenters. The molecule has 0 bridgehead atoms. The summed E-state index contributed by atoms with van der Waals surface area (Å²) in [5, 5.41) is 17.2. The molecule has 0 fully saturated rings. The van der Waals surface area contributed by atoms with Gasteiger partial charge in [-0.15, -0.1) is 10.5 Å². The van der Waals surface area contributed by atoms with Crippen LogP contribution in [0.3, 0.4) is 0 Å². The molecule has 0 N–H and O–H groups in total. The first-order chi connectivity index (χ1) is 11.6. The van der Waals surface area contributed by atoms with Crippen LogP contribution in [0.5, 0.6) is 11.5 Å². The van der Waals surface area contributed by atoms with Gasteiger partial charge in [-0.2, -0.15) is 0 Å². The van der Waals surface area contributed by atoms with Crippen molar-refractivity contribution in [2.45, 2.75) is 26.7 Å². The number of nitriles is 2. The Morgan fingerprint density at radius 2 is 1.08 bits per heavy atom. The third kappa shape index (κ3) is 4.06. The first kappa shape index (κ1) is 17.4. The molecule has 0 heterocycles. The Morgan fingerprint density at radius 1 is 0.708 bits per heavy atom. The van der Waals surface area contributed by atoms with Gasteiger partial charge in [-0.1, -0.05) is 45.0 Å². The minimum Gasteiger partial charge on any atom is -0.388 e. The van der Waals surface area contributed by atoms with Crippen LogP contribution in [0.15, 0.2) is 48.5 Å². The second-order valence-electron chi connectivity index (χ2n) is 6.11. The third-order valence-electron chi connectivity index (χ3n) is 4.38. The Kier molecular flexibility index (Phi) is 5.82. The van der Waals surface area contributed by atoms with Crippen LogP contribution in [0.2, 0.25) is 0 Å². The molecule has 0 saturated carbocycles. The highest BCUT2D eigenvalue weighted by Gasteiger charge is 2.24. The van der Waals surface area contributed by atoms with Gasteiger partial charge in [-0.3, -0.25) is 0 Å². The molecule has 2 aromatic rings. The van der Waals surface area contributed by atoms with E-state index in [4.69, 9.17) is 20.0 Å². The molecular formula is C20H20N2O2. The first-order valence-corrected chi connectivity index (χ1v) is 7.88. The van der Waals surface area contributed by atoms with Gasteiger partial charge >= 0.3 is 0 Å². The Balaban J connectivity index is 2.37. The number of nitrogens with zero attached hydrogens (tertiary/aromatic N) is 2. The second kappa shape index (κ2) is 8.04. The molecule has 2 rings (SSSR count). The summed E-state index contributed by atoms with van der Waals surface area (Å²) >= 11 is 0. The van der Waals surface area contributed by atoms with E-state index in [2.05, 4.69) is 20.8 Å². The summed E-state index contributed by atoms with van der Waals surface area (Å²) in [4.78, 5) is 0. The average molecular weight is 320 g/mol. The zero-order valence-electron chi connectivity index (χ0n) is 14.1. The highest BCUT2D eigenvalue weighted by atomic mass is 16.5. The molecule has 0 aliphatic heterocycles. The minimum atomic E-state index is 0.206. The van der Waals surface area contributed by atoms with Gasteiger partial charge in [0.15, 0.2) is 0 Å². The summed E-state index contributed by atoms with van der Waals surface area (Å²) in [7, 11) is 0. The maximum Gasteiger partial charge on any atom is 0.292 e. The molecule has 0 saturated heterocycles. The Hall–Kier alpha value is -2.98. The van der Waals surface area contributed by atoms with Crippen LogP contribution in [-0.4, -0.2) is 0 Å². The van der Waals surface area contributed by atoms with Crippen molar-refractivity contribution in [3.05, 3.63) is 59.7 Å². The van der Waals surface area contributed by atoms with Crippen LogP contribution in [0.4, 0.5) is 0 Å². The monoisotopic (exact) mass is 320 g/mol. The van der Waals surface area contributed by atoms with Crippen molar-refractivity contribution >= 4 is 0 Å². The van der Waals surface area contributed by atoms with E-state index in [1.165, 1.54) is 0 Å². The average Bonchev–Trinajstić information content (AvgIpc) is 2.58. The van der Waals surface area contributed by atoms with E-state index in [1.54, 1.807) is 12.5 Å². The van der Waals surface area contributed by atoms with Gasteiger partial charge in [0.1, 0.15) is 11.5 Å². The molecule has 0 radical (unpaired) electrons. The third-order valence-corrected chi connectivity index (χ3v) is 4.38. The highest BCUT2D eigenvalue weighted by molar-refractivity contribution is 5.39. The second-order valence-corrected chi connectivity index (χ2v) is 6.11. The summed E-state index contributed by atoms with van der Waals surface area (Å²) in [6.07, 6.45) is 3.37. The smallest absolute Gasteiger partial charge is 0.292 e. The maximum absolute atomic E-state index is 8.60. The van der Waals surface area contributed by atoms with E-state index >= 15 is 0 Å². The van der Waals surface area contributed by atoms with Gasteiger partial charge in [0.25, 0.3) is 12.5 Å². The topological polar surface area (TPSA) is 66.0 Å². The normalized spacial score (nSPS) is 11.6. The fraction of sp³-hybridized carbons (Fsp3) is 0.300. The Morgan fingerprint density at radius 3 is 1.38 bits per heavy atom. The molecule has 2 aromatic carbocycles. The predicted octanol–water partition coefficient (Wildman–Crippen LogP) is 4.83. The fourth-order valence-corrected chi connectivity index (χ4v) is 2.78. The molecule has 0 spiro atoms. The van der Waals surface area contributed by atoms with Crippen molar-refractivity contribution in [2.75, 3.05) is 0 Å². The molecule has 0 amide bonds. The Bertz CT molecular complexity index is 678. The van der Waals surface area contributed by atoms with Crippen LogP contribution < -0.4 is 9.47 Å². The van der Waals surface area contributed by atoms with Crippen molar-refractivity contribution in [1.29, 1.82) is 10.5 Å². The quantitative estimate of drug-likeness (QED) is 0.715. The Labute approximate surface area is 142 Å². The summed E-state index contributed by atoms with van der Waals surface area (Å²) in [6, 6.07) is 15.2.